The normalized spacial score (nSPS) is 12.2. The smallest absolute Gasteiger partial charge is 0.406 e. The zero-order valence-electron chi connectivity index (χ0n) is 16.3. The van der Waals surface area contributed by atoms with Gasteiger partial charge in [-0.2, -0.15) is 0 Å². The van der Waals surface area contributed by atoms with Gasteiger partial charge in [0.05, 0.1) is 16.9 Å². The minimum Gasteiger partial charge on any atom is -0.406 e. The second kappa shape index (κ2) is 8.49. The summed E-state index contributed by atoms with van der Waals surface area (Å²) in [6, 6.07) is 10.5. The fraction of sp³-hybridized carbons (Fsp3) is 0.250. The summed E-state index contributed by atoms with van der Waals surface area (Å²) >= 11 is 0. The number of sulfonamides is 1. The van der Waals surface area contributed by atoms with Crippen LogP contribution in [0.2, 0.25) is 0 Å². The Kier molecular flexibility index (Phi) is 6.18. The fourth-order valence-electron chi connectivity index (χ4n) is 3.03. The maximum Gasteiger partial charge on any atom is 0.573 e. The molecule has 0 saturated carbocycles. The number of nitrogens with one attached hydrogen (secondary N) is 1. The molecule has 0 aliphatic rings. The fourth-order valence-corrected chi connectivity index (χ4v) is 3.78. The lowest BCUT2D eigenvalue weighted by Crippen LogP contribution is -2.18. The van der Waals surface area contributed by atoms with Crippen LogP contribution in [0.25, 0.3) is 11.3 Å². The lowest BCUT2D eigenvalue weighted by atomic mass is 9.98. The monoisotopic (exact) mass is 439 g/mol. The Morgan fingerprint density at radius 1 is 1.13 bits per heavy atom. The van der Waals surface area contributed by atoms with Crippen molar-refractivity contribution in [2.45, 2.75) is 24.1 Å². The van der Waals surface area contributed by atoms with E-state index in [1.165, 1.54) is 31.3 Å². The van der Waals surface area contributed by atoms with Crippen LogP contribution >= 0.6 is 0 Å². The maximum atomic E-state index is 12.4. The molecule has 0 spiro atoms. The van der Waals surface area contributed by atoms with Crippen molar-refractivity contribution in [1.82, 2.24) is 14.3 Å². The van der Waals surface area contributed by atoms with Gasteiger partial charge in [-0.05, 0) is 55.3 Å². The van der Waals surface area contributed by atoms with E-state index in [4.69, 9.17) is 0 Å². The van der Waals surface area contributed by atoms with Gasteiger partial charge in [-0.1, -0.05) is 18.2 Å². The van der Waals surface area contributed by atoms with Crippen molar-refractivity contribution in [2.75, 3.05) is 7.05 Å². The van der Waals surface area contributed by atoms with Crippen LogP contribution in [-0.2, 0) is 29.9 Å². The Labute approximate surface area is 172 Å². The number of rotatable bonds is 7. The average molecular weight is 439 g/mol. The molecule has 0 aliphatic carbocycles. The van der Waals surface area contributed by atoms with E-state index in [2.05, 4.69) is 14.4 Å². The number of ether oxygens (including phenoxy) is 1. The number of aromatic nitrogens is 2. The zero-order valence-corrected chi connectivity index (χ0v) is 17.1. The summed E-state index contributed by atoms with van der Waals surface area (Å²) in [5, 5.41) is 0. The molecular formula is C20H20F3N3O3S. The van der Waals surface area contributed by atoms with Crippen LogP contribution in [0.4, 0.5) is 13.2 Å². The summed E-state index contributed by atoms with van der Waals surface area (Å²) in [5.74, 6) is -0.277. The van der Waals surface area contributed by atoms with Gasteiger partial charge in [-0.25, -0.2) is 18.1 Å². The van der Waals surface area contributed by atoms with Gasteiger partial charge in [0.15, 0.2) is 0 Å². The molecule has 0 bridgehead atoms. The molecule has 0 aliphatic heterocycles. The topological polar surface area (TPSA) is 73.2 Å². The van der Waals surface area contributed by atoms with Crippen molar-refractivity contribution in [1.29, 1.82) is 0 Å². The molecule has 0 amide bonds. The van der Waals surface area contributed by atoms with Crippen molar-refractivity contribution in [3.05, 3.63) is 66.1 Å². The summed E-state index contributed by atoms with van der Waals surface area (Å²) < 4.78 is 69.7. The third-order valence-corrected chi connectivity index (χ3v) is 5.87. The van der Waals surface area contributed by atoms with Crippen LogP contribution in [0.5, 0.6) is 5.75 Å². The summed E-state index contributed by atoms with van der Waals surface area (Å²) in [6.45, 7) is 0. The first-order chi connectivity index (χ1) is 14.1. The average Bonchev–Trinajstić information content (AvgIpc) is 3.11. The van der Waals surface area contributed by atoms with Gasteiger partial charge in [0.1, 0.15) is 5.75 Å². The Morgan fingerprint density at radius 2 is 1.90 bits per heavy atom. The van der Waals surface area contributed by atoms with Crippen LogP contribution in [0.1, 0.15) is 11.1 Å². The van der Waals surface area contributed by atoms with Gasteiger partial charge >= 0.3 is 6.36 Å². The Balaban J connectivity index is 1.90. The Bertz CT molecular complexity index is 1140. The van der Waals surface area contributed by atoms with Gasteiger partial charge < -0.3 is 9.30 Å². The second-order valence-corrected chi connectivity index (χ2v) is 8.53. The molecule has 2 aromatic carbocycles. The highest BCUT2D eigenvalue weighted by Crippen LogP contribution is 2.28. The van der Waals surface area contributed by atoms with Gasteiger partial charge in [0.25, 0.3) is 0 Å². The molecule has 10 heteroatoms. The van der Waals surface area contributed by atoms with E-state index in [0.717, 1.165) is 5.56 Å². The second-order valence-electron chi connectivity index (χ2n) is 6.65. The molecule has 0 atom stereocenters. The minimum atomic E-state index is -4.75. The van der Waals surface area contributed by atoms with Crippen LogP contribution in [0.15, 0.2) is 59.9 Å². The minimum absolute atomic E-state index is 0.106. The number of hydrogen-bond donors (Lipinski definition) is 1. The SMILES string of the molecule is CNS(=O)(=O)c1ccc(CCc2cccc(OC(F)(F)F)c2)c(-c2cn(C)cn2)c1. The summed E-state index contributed by atoms with van der Waals surface area (Å²) in [6.07, 6.45) is -0.462. The third-order valence-electron chi connectivity index (χ3n) is 4.46. The lowest BCUT2D eigenvalue weighted by Gasteiger charge is -2.12. The third kappa shape index (κ3) is 5.39. The van der Waals surface area contributed by atoms with E-state index < -0.39 is 16.4 Å². The van der Waals surface area contributed by atoms with Crippen molar-refractivity contribution in [2.24, 2.45) is 7.05 Å². The van der Waals surface area contributed by atoms with E-state index >= 15 is 0 Å². The molecular weight excluding hydrogens is 419 g/mol. The van der Waals surface area contributed by atoms with Crippen molar-refractivity contribution in [3.63, 3.8) is 0 Å². The van der Waals surface area contributed by atoms with E-state index in [1.54, 1.807) is 42.3 Å². The molecule has 3 aromatic rings. The van der Waals surface area contributed by atoms with Crippen molar-refractivity contribution < 1.29 is 26.3 Å². The molecule has 0 unspecified atom stereocenters. The number of halogens is 3. The molecule has 0 fully saturated rings. The lowest BCUT2D eigenvalue weighted by molar-refractivity contribution is -0.274. The first-order valence-corrected chi connectivity index (χ1v) is 10.5. The van der Waals surface area contributed by atoms with E-state index in [9.17, 15) is 21.6 Å². The van der Waals surface area contributed by atoms with Crippen LogP contribution in [-0.4, -0.2) is 31.4 Å². The Hall–Kier alpha value is -2.85. The highest BCUT2D eigenvalue weighted by molar-refractivity contribution is 7.89. The quantitative estimate of drug-likeness (QED) is 0.610. The van der Waals surface area contributed by atoms with Crippen molar-refractivity contribution in [3.8, 4) is 17.0 Å². The van der Waals surface area contributed by atoms with Crippen LogP contribution < -0.4 is 9.46 Å². The molecule has 0 saturated heterocycles. The van der Waals surface area contributed by atoms with Gasteiger partial charge in [-0.3, -0.25) is 0 Å². The number of benzene rings is 2. The summed E-state index contributed by atoms with van der Waals surface area (Å²) in [4.78, 5) is 4.41. The van der Waals surface area contributed by atoms with Gasteiger partial charge in [-0.15, -0.1) is 13.2 Å². The Morgan fingerprint density at radius 3 is 2.53 bits per heavy atom. The van der Waals surface area contributed by atoms with Gasteiger partial charge in [0, 0.05) is 18.8 Å². The predicted molar refractivity (Wildman–Crippen MR) is 105 cm³/mol. The number of alkyl halides is 3. The molecule has 1 heterocycles. The number of imidazole rings is 1. The molecule has 3 rings (SSSR count). The van der Waals surface area contributed by atoms with Gasteiger partial charge in [0.2, 0.25) is 10.0 Å². The number of aryl methyl sites for hydroxylation is 3. The highest BCUT2D eigenvalue weighted by Gasteiger charge is 2.31. The van der Waals surface area contributed by atoms with Crippen LogP contribution in [0, 0.1) is 0 Å². The number of nitrogens with zero attached hydrogens (tertiary/aromatic N) is 2. The molecule has 0 radical (unpaired) electrons. The van der Waals surface area contributed by atoms with E-state index in [-0.39, 0.29) is 10.6 Å². The summed E-state index contributed by atoms with van der Waals surface area (Å²) in [7, 11) is -0.501. The number of hydrogen-bond acceptors (Lipinski definition) is 4. The molecule has 1 aromatic heterocycles. The predicted octanol–water partition coefficient (Wildman–Crippen LogP) is 3.68. The molecule has 160 valence electrons. The summed E-state index contributed by atoms with van der Waals surface area (Å²) in [5.41, 5.74) is 2.74. The van der Waals surface area contributed by atoms with E-state index in [0.29, 0.717) is 29.7 Å². The maximum absolute atomic E-state index is 12.4. The van der Waals surface area contributed by atoms with E-state index in [1.807, 2.05) is 0 Å². The highest BCUT2D eigenvalue weighted by atomic mass is 32.2. The zero-order chi connectivity index (χ0) is 21.9. The van der Waals surface area contributed by atoms with Crippen molar-refractivity contribution >= 4 is 10.0 Å². The molecule has 6 nitrogen and oxygen atoms in total. The van der Waals surface area contributed by atoms with Crippen LogP contribution in [0.3, 0.4) is 0 Å². The standard InChI is InChI=1S/C20H20F3N3O3S/c1-24-30(27,28)17-9-8-15(18(11-17)19-12-26(2)13-25-19)7-6-14-4-3-5-16(10-14)29-20(21,22)23/h3-5,8-13,24H,6-7H2,1-2H3. The molecule has 30 heavy (non-hydrogen) atoms. The molecule has 1 N–H and O–H groups in total. The first-order valence-electron chi connectivity index (χ1n) is 8.97. The largest absolute Gasteiger partial charge is 0.573 e. The first kappa shape index (κ1) is 21.8.